The van der Waals surface area contributed by atoms with Crippen LogP contribution < -0.4 is 5.32 Å². The topological polar surface area (TPSA) is 38.3 Å². The van der Waals surface area contributed by atoms with Crippen molar-refractivity contribution in [2.24, 2.45) is 0 Å². The van der Waals surface area contributed by atoms with Gasteiger partial charge in [0.25, 0.3) is 0 Å². The Hall–Kier alpha value is -0.870. The molecule has 0 saturated carbocycles. The highest BCUT2D eigenvalue weighted by Gasteiger charge is 2.18. The van der Waals surface area contributed by atoms with Crippen molar-refractivity contribution in [1.82, 2.24) is 5.32 Å². The first kappa shape index (κ1) is 11.2. The fourth-order valence-electron chi connectivity index (χ4n) is 1.19. The van der Waals surface area contributed by atoms with E-state index in [9.17, 15) is 4.79 Å². The third kappa shape index (κ3) is 2.56. The molecular formula is C10H12BrNO2. The first-order valence-electron chi connectivity index (χ1n) is 4.19. The summed E-state index contributed by atoms with van der Waals surface area (Å²) in [6.45, 7) is 0. The Bertz CT molecular complexity index is 310. The van der Waals surface area contributed by atoms with Crippen LogP contribution in [0.5, 0.6) is 0 Å². The SMILES string of the molecule is CN[C@H](C(=O)OC)c1ccc(Br)cc1. The molecule has 4 heteroatoms. The Kier molecular flexibility index (Phi) is 4.10. The Morgan fingerprint density at radius 1 is 1.43 bits per heavy atom. The summed E-state index contributed by atoms with van der Waals surface area (Å²) in [7, 11) is 3.11. The quantitative estimate of drug-likeness (QED) is 0.841. The number of halogens is 1. The number of nitrogens with one attached hydrogen (secondary N) is 1. The van der Waals surface area contributed by atoms with Crippen LogP contribution in [0.25, 0.3) is 0 Å². The summed E-state index contributed by atoms with van der Waals surface area (Å²) >= 11 is 3.33. The van der Waals surface area contributed by atoms with E-state index in [1.54, 1.807) is 7.05 Å². The molecule has 1 aromatic rings. The minimum absolute atomic E-state index is 0.283. The van der Waals surface area contributed by atoms with Gasteiger partial charge in [0, 0.05) is 4.47 Å². The first-order chi connectivity index (χ1) is 6.69. The second-order valence-electron chi connectivity index (χ2n) is 2.80. The molecule has 0 aliphatic rings. The van der Waals surface area contributed by atoms with Crippen LogP contribution in [0.4, 0.5) is 0 Å². The maximum absolute atomic E-state index is 11.3. The lowest BCUT2D eigenvalue weighted by Gasteiger charge is -2.13. The fraction of sp³-hybridized carbons (Fsp3) is 0.300. The van der Waals surface area contributed by atoms with Gasteiger partial charge in [-0.3, -0.25) is 0 Å². The zero-order chi connectivity index (χ0) is 10.6. The molecule has 0 saturated heterocycles. The lowest BCUT2D eigenvalue weighted by Crippen LogP contribution is -2.26. The Morgan fingerprint density at radius 3 is 2.43 bits per heavy atom. The molecule has 0 heterocycles. The van der Waals surface area contributed by atoms with Gasteiger partial charge in [0.15, 0.2) is 0 Å². The first-order valence-corrected chi connectivity index (χ1v) is 4.99. The van der Waals surface area contributed by atoms with E-state index in [1.807, 2.05) is 24.3 Å². The van der Waals surface area contributed by atoms with E-state index in [4.69, 9.17) is 0 Å². The number of carbonyl (C=O) groups is 1. The summed E-state index contributed by atoms with van der Waals surface area (Å²) in [5.41, 5.74) is 0.891. The van der Waals surface area contributed by atoms with Gasteiger partial charge in [0.1, 0.15) is 6.04 Å². The largest absolute Gasteiger partial charge is 0.468 e. The van der Waals surface area contributed by atoms with Gasteiger partial charge < -0.3 is 10.1 Å². The number of esters is 1. The van der Waals surface area contributed by atoms with Gasteiger partial charge in [-0.2, -0.15) is 0 Å². The fourth-order valence-corrected chi connectivity index (χ4v) is 1.46. The van der Waals surface area contributed by atoms with E-state index in [1.165, 1.54) is 7.11 Å². The van der Waals surface area contributed by atoms with E-state index in [-0.39, 0.29) is 5.97 Å². The monoisotopic (exact) mass is 257 g/mol. The number of likely N-dealkylation sites (N-methyl/N-ethyl adjacent to an activating group) is 1. The molecule has 0 fully saturated rings. The highest BCUT2D eigenvalue weighted by molar-refractivity contribution is 9.10. The van der Waals surface area contributed by atoms with Crippen molar-refractivity contribution in [3.63, 3.8) is 0 Å². The van der Waals surface area contributed by atoms with Crippen molar-refractivity contribution in [3.8, 4) is 0 Å². The molecule has 1 rings (SSSR count). The molecule has 0 aliphatic carbocycles. The predicted molar refractivity (Wildman–Crippen MR) is 58.0 cm³/mol. The number of methoxy groups -OCH3 is 1. The van der Waals surface area contributed by atoms with E-state index in [0.29, 0.717) is 0 Å². The summed E-state index contributed by atoms with van der Waals surface area (Å²) in [6, 6.07) is 7.14. The number of carbonyl (C=O) groups excluding carboxylic acids is 1. The minimum atomic E-state index is -0.395. The molecule has 0 spiro atoms. The third-order valence-corrected chi connectivity index (χ3v) is 2.46. The van der Waals surface area contributed by atoms with Crippen molar-refractivity contribution in [3.05, 3.63) is 34.3 Å². The molecule has 3 nitrogen and oxygen atoms in total. The summed E-state index contributed by atoms with van der Waals surface area (Å²) < 4.78 is 5.66. The predicted octanol–water partition coefficient (Wildman–Crippen LogP) is 1.88. The van der Waals surface area contributed by atoms with Crippen LogP contribution in [-0.2, 0) is 9.53 Å². The number of hydrogen-bond donors (Lipinski definition) is 1. The molecule has 14 heavy (non-hydrogen) atoms. The Labute approximate surface area is 91.6 Å². The van der Waals surface area contributed by atoms with Crippen LogP contribution in [0.1, 0.15) is 11.6 Å². The summed E-state index contributed by atoms with van der Waals surface area (Å²) in [5.74, 6) is -0.283. The van der Waals surface area contributed by atoms with Crippen LogP contribution in [0, 0.1) is 0 Å². The molecule has 1 N–H and O–H groups in total. The Morgan fingerprint density at radius 2 is 2.00 bits per heavy atom. The van der Waals surface area contributed by atoms with E-state index < -0.39 is 6.04 Å². The van der Waals surface area contributed by atoms with Gasteiger partial charge in [-0.25, -0.2) is 4.79 Å². The number of hydrogen-bond acceptors (Lipinski definition) is 3. The molecule has 0 aromatic heterocycles. The van der Waals surface area contributed by atoms with E-state index in [2.05, 4.69) is 26.0 Å². The number of benzene rings is 1. The minimum Gasteiger partial charge on any atom is -0.468 e. The standard InChI is InChI=1S/C10H12BrNO2/c1-12-9(10(13)14-2)7-3-5-8(11)6-4-7/h3-6,9,12H,1-2H3/t9-/m0/s1. The van der Waals surface area contributed by atoms with Gasteiger partial charge in [0.05, 0.1) is 7.11 Å². The van der Waals surface area contributed by atoms with Crippen molar-refractivity contribution in [2.75, 3.05) is 14.2 Å². The summed E-state index contributed by atoms with van der Waals surface area (Å²) in [4.78, 5) is 11.3. The average molecular weight is 258 g/mol. The molecule has 0 aliphatic heterocycles. The normalized spacial score (nSPS) is 12.2. The highest BCUT2D eigenvalue weighted by Crippen LogP contribution is 2.17. The second-order valence-corrected chi connectivity index (χ2v) is 3.71. The van der Waals surface area contributed by atoms with Crippen LogP contribution >= 0.6 is 15.9 Å². The van der Waals surface area contributed by atoms with E-state index in [0.717, 1.165) is 10.0 Å². The lowest BCUT2D eigenvalue weighted by atomic mass is 10.1. The molecule has 0 unspecified atom stereocenters. The van der Waals surface area contributed by atoms with Gasteiger partial charge in [-0.15, -0.1) is 0 Å². The number of rotatable bonds is 3. The smallest absolute Gasteiger partial charge is 0.327 e. The molecule has 0 radical (unpaired) electrons. The highest BCUT2D eigenvalue weighted by atomic mass is 79.9. The maximum atomic E-state index is 11.3. The molecular weight excluding hydrogens is 246 g/mol. The van der Waals surface area contributed by atoms with E-state index >= 15 is 0 Å². The van der Waals surface area contributed by atoms with Crippen molar-refractivity contribution >= 4 is 21.9 Å². The molecule has 0 bridgehead atoms. The number of ether oxygens (including phenoxy) is 1. The van der Waals surface area contributed by atoms with Gasteiger partial charge >= 0.3 is 5.97 Å². The van der Waals surface area contributed by atoms with Crippen molar-refractivity contribution in [2.45, 2.75) is 6.04 Å². The molecule has 0 amide bonds. The average Bonchev–Trinajstić information content (AvgIpc) is 2.21. The van der Waals surface area contributed by atoms with Crippen molar-refractivity contribution in [1.29, 1.82) is 0 Å². The molecule has 1 aromatic carbocycles. The van der Waals surface area contributed by atoms with Crippen LogP contribution in [0.15, 0.2) is 28.7 Å². The zero-order valence-corrected chi connectivity index (χ0v) is 9.67. The second kappa shape index (κ2) is 5.12. The van der Waals surface area contributed by atoms with Crippen LogP contribution in [0.2, 0.25) is 0 Å². The van der Waals surface area contributed by atoms with Gasteiger partial charge in [-0.1, -0.05) is 28.1 Å². The van der Waals surface area contributed by atoms with Gasteiger partial charge in [-0.05, 0) is 24.7 Å². The maximum Gasteiger partial charge on any atom is 0.327 e. The summed E-state index contributed by atoms with van der Waals surface area (Å²) in [6.07, 6.45) is 0. The Balaban J connectivity index is 2.89. The lowest BCUT2D eigenvalue weighted by molar-refractivity contribution is -0.143. The third-order valence-electron chi connectivity index (χ3n) is 1.93. The van der Waals surface area contributed by atoms with Crippen molar-refractivity contribution < 1.29 is 9.53 Å². The molecule has 1 atom stereocenters. The zero-order valence-electron chi connectivity index (χ0n) is 8.08. The van der Waals surface area contributed by atoms with Crippen LogP contribution in [0.3, 0.4) is 0 Å². The van der Waals surface area contributed by atoms with Gasteiger partial charge in [0.2, 0.25) is 0 Å². The summed E-state index contributed by atoms with van der Waals surface area (Å²) in [5, 5.41) is 2.90. The van der Waals surface area contributed by atoms with Crippen LogP contribution in [-0.4, -0.2) is 20.1 Å². The molecule has 76 valence electrons.